The fourth-order valence-corrected chi connectivity index (χ4v) is 4.21. The van der Waals surface area contributed by atoms with Crippen LogP contribution >= 0.6 is 0 Å². The molecular weight excluding hydrogens is 465 g/mol. The van der Waals surface area contributed by atoms with Crippen LogP contribution in [0, 0.1) is 6.92 Å². The molecule has 0 fully saturated rings. The van der Waals surface area contributed by atoms with Crippen LogP contribution in [0.4, 0.5) is 18.9 Å². The molecule has 0 saturated heterocycles. The van der Waals surface area contributed by atoms with Crippen LogP contribution < -0.4 is 10.2 Å². The number of carbonyl (C=O) groups excluding carboxylic acids is 1. The van der Waals surface area contributed by atoms with E-state index < -0.39 is 11.7 Å². The molecule has 36 heavy (non-hydrogen) atoms. The number of benzene rings is 2. The normalized spacial score (nSPS) is 11.7. The summed E-state index contributed by atoms with van der Waals surface area (Å²) in [6.45, 7) is 7.13. The van der Waals surface area contributed by atoms with Crippen molar-refractivity contribution in [2.24, 2.45) is 7.05 Å². The van der Waals surface area contributed by atoms with Crippen molar-refractivity contribution in [3.63, 3.8) is 0 Å². The minimum absolute atomic E-state index is 0.0883. The van der Waals surface area contributed by atoms with Gasteiger partial charge in [0.05, 0.1) is 11.1 Å². The van der Waals surface area contributed by atoms with Gasteiger partial charge in [-0.1, -0.05) is 36.4 Å². The van der Waals surface area contributed by atoms with Gasteiger partial charge < -0.3 is 19.7 Å². The molecule has 0 aliphatic rings. The molecule has 3 aromatic rings. The maximum Gasteiger partial charge on any atom is 0.416 e. The van der Waals surface area contributed by atoms with Crippen molar-refractivity contribution in [2.75, 3.05) is 44.7 Å². The van der Waals surface area contributed by atoms with E-state index in [2.05, 4.69) is 10.2 Å². The number of carbonyl (C=O) groups is 1. The standard InChI is InChI=1S/C28H35F3N4O/c1-5-35(24-14-9-13-23(19-24)28(29,30)31)18-17-33(3)16-10-15-32-27(36)25-20-26(34(4)21(25)2)22-11-7-6-8-12-22/h6-9,11-14,19-20H,5,10,15-18H2,1-4H3,(H,32,36). The summed E-state index contributed by atoms with van der Waals surface area (Å²) in [5.74, 6) is -0.0883. The van der Waals surface area contributed by atoms with Gasteiger partial charge in [0, 0.05) is 50.3 Å². The first-order valence-electron chi connectivity index (χ1n) is 12.2. The molecule has 0 aliphatic heterocycles. The highest BCUT2D eigenvalue weighted by Gasteiger charge is 2.30. The number of amides is 1. The number of nitrogens with one attached hydrogen (secondary N) is 1. The van der Waals surface area contributed by atoms with Gasteiger partial charge in [0.15, 0.2) is 0 Å². The van der Waals surface area contributed by atoms with Crippen molar-refractivity contribution in [2.45, 2.75) is 26.4 Å². The summed E-state index contributed by atoms with van der Waals surface area (Å²) >= 11 is 0. The van der Waals surface area contributed by atoms with E-state index in [1.165, 1.54) is 12.1 Å². The van der Waals surface area contributed by atoms with Crippen molar-refractivity contribution < 1.29 is 18.0 Å². The van der Waals surface area contributed by atoms with Crippen molar-refractivity contribution in [1.29, 1.82) is 0 Å². The lowest BCUT2D eigenvalue weighted by Gasteiger charge is -2.27. The van der Waals surface area contributed by atoms with Gasteiger partial charge in [-0.15, -0.1) is 0 Å². The zero-order valence-corrected chi connectivity index (χ0v) is 21.4. The number of nitrogens with zero attached hydrogens (tertiary/aromatic N) is 3. The molecule has 1 aromatic heterocycles. The number of aromatic nitrogens is 1. The fourth-order valence-electron chi connectivity index (χ4n) is 4.21. The van der Waals surface area contributed by atoms with Crippen LogP contribution in [0.5, 0.6) is 0 Å². The van der Waals surface area contributed by atoms with E-state index in [1.807, 2.05) is 73.8 Å². The Morgan fingerprint density at radius 1 is 1.00 bits per heavy atom. The molecule has 3 rings (SSSR count). The van der Waals surface area contributed by atoms with E-state index in [9.17, 15) is 18.0 Å². The van der Waals surface area contributed by atoms with Gasteiger partial charge in [-0.25, -0.2) is 0 Å². The number of alkyl halides is 3. The Bertz CT molecular complexity index is 1140. The molecule has 1 heterocycles. The van der Waals surface area contributed by atoms with Crippen LogP contribution in [0.3, 0.4) is 0 Å². The number of rotatable bonds is 11. The van der Waals surface area contributed by atoms with Crippen LogP contribution in [0.1, 0.15) is 35.0 Å². The van der Waals surface area contributed by atoms with E-state index in [1.54, 1.807) is 6.07 Å². The van der Waals surface area contributed by atoms with E-state index in [0.29, 0.717) is 37.4 Å². The molecule has 0 aliphatic carbocycles. The van der Waals surface area contributed by atoms with Gasteiger partial charge in [-0.3, -0.25) is 4.79 Å². The van der Waals surface area contributed by atoms with Gasteiger partial charge in [-0.2, -0.15) is 13.2 Å². The predicted octanol–water partition coefficient (Wildman–Crippen LogP) is 5.60. The third-order valence-electron chi connectivity index (χ3n) is 6.52. The largest absolute Gasteiger partial charge is 0.416 e. The molecule has 0 atom stereocenters. The fraction of sp³-hybridized carbons (Fsp3) is 0.393. The minimum atomic E-state index is -4.35. The Morgan fingerprint density at radius 3 is 2.39 bits per heavy atom. The first-order valence-corrected chi connectivity index (χ1v) is 12.2. The minimum Gasteiger partial charge on any atom is -0.371 e. The van der Waals surface area contributed by atoms with E-state index in [0.717, 1.165) is 36.0 Å². The van der Waals surface area contributed by atoms with Crippen LogP contribution in [-0.2, 0) is 13.2 Å². The first-order chi connectivity index (χ1) is 17.1. The smallest absolute Gasteiger partial charge is 0.371 e. The second-order valence-electron chi connectivity index (χ2n) is 8.99. The average molecular weight is 501 g/mol. The monoisotopic (exact) mass is 500 g/mol. The van der Waals surface area contributed by atoms with Crippen molar-refractivity contribution in [3.05, 3.63) is 77.5 Å². The number of hydrogen-bond acceptors (Lipinski definition) is 3. The highest BCUT2D eigenvalue weighted by atomic mass is 19.4. The topological polar surface area (TPSA) is 40.5 Å². The molecule has 0 saturated carbocycles. The average Bonchev–Trinajstić information content (AvgIpc) is 3.16. The van der Waals surface area contributed by atoms with Crippen LogP contribution in [0.2, 0.25) is 0 Å². The summed E-state index contributed by atoms with van der Waals surface area (Å²) in [4.78, 5) is 16.9. The number of hydrogen-bond donors (Lipinski definition) is 1. The van der Waals surface area contributed by atoms with Crippen molar-refractivity contribution in [1.82, 2.24) is 14.8 Å². The van der Waals surface area contributed by atoms with Gasteiger partial charge in [0.2, 0.25) is 0 Å². The predicted molar refractivity (Wildman–Crippen MR) is 139 cm³/mol. The molecule has 0 radical (unpaired) electrons. The highest BCUT2D eigenvalue weighted by molar-refractivity contribution is 5.97. The molecule has 5 nitrogen and oxygen atoms in total. The van der Waals surface area contributed by atoms with Crippen molar-refractivity contribution in [3.8, 4) is 11.3 Å². The summed E-state index contributed by atoms with van der Waals surface area (Å²) in [6, 6.07) is 17.4. The SMILES string of the molecule is CCN(CCN(C)CCCNC(=O)c1cc(-c2ccccc2)n(C)c1C)c1cccc(C(F)(F)F)c1. The van der Waals surface area contributed by atoms with Crippen molar-refractivity contribution >= 4 is 11.6 Å². The lowest BCUT2D eigenvalue weighted by Crippen LogP contribution is -2.35. The highest BCUT2D eigenvalue weighted by Crippen LogP contribution is 2.31. The second kappa shape index (κ2) is 12.1. The molecule has 2 aromatic carbocycles. The zero-order chi connectivity index (χ0) is 26.3. The van der Waals surface area contributed by atoms with E-state index >= 15 is 0 Å². The summed E-state index contributed by atoms with van der Waals surface area (Å²) in [6.07, 6.45) is -3.58. The van der Waals surface area contributed by atoms with Gasteiger partial charge in [0.25, 0.3) is 5.91 Å². The molecule has 0 spiro atoms. The van der Waals surface area contributed by atoms with Gasteiger partial charge in [-0.05, 0) is 63.7 Å². The third kappa shape index (κ3) is 6.91. The number of anilines is 1. The Labute approximate surface area is 211 Å². The molecule has 0 unspecified atom stereocenters. The van der Waals surface area contributed by atoms with E-state index in [-0.39, 0.29) is 5.91 Å². The zero-order valence-electron chi connectivity index (χ0n) is 21.4. The number of likely N-dealkylation sites (N-methyl/N-ethyl adjacent to an activating group) is 2. The molecule has 194 valence electrons. The summed E-state index contributed by atoms with van der Waals surface area (Å²) < 4.78 is 41.2. The quantitative estimate of drug-likeness (QED) is 0.349. The Morgan fingerprint density at radius 2 is 1.72 bits per heavy atom. The first kappa shape index (κ1) is 27.3. The Kier molecular flexibility index (Phi) is 9.20. The van der Waals surface area contributed by atoms with E-state index in [4.69, 9.17) is 0 Å². The summed E-state index contributed by atoms with van der Waals surface area (Å²) in [5.41, 5.74) is 3.59. The molecular formula is C28H35F3N4O. The Balaban J connectivity index is 1.46. The lowest BCUT2D eigenvalue weighted by molar-refractivity contribution is -0.137. The summed E-state index contributed by atoms with van der Waals surface area (Å²) in [5, 5.41) is 3.01. The lowest BCUT2D eigenvalue weighted by atomic mass is 10.1. The van der Waals surface area contributed by atoms with Crippen LogP contribution in [-0.4, -0.2) is 55.1 Å². The second-order valence-corrected chi connectivity index (χ2v) is 8.99. The molecule has 1 N–H and O–H groups in total. The van der Waals surface area contributed by atoms with Crippen LogP contribution in [0.25, 0.3) is 11.3 Å². The third-order valence-corrected chi connectivity index (χ3v) is 6.52. The van der Waals surface area contributed by atoms with Crippen LogP contribution in [0.15, 0.2) is 60.7 Å². The maximum atomic E-state index is 13.1. The maximum absolute atomic E-state index is 13.1. The van der Waals surface area contributed by atoms with Gasteiger partial charge >= 0.3 is 6.18 Å². The molecule has 1 amide bonds. The Hall–Kier alpha value is -3.26. The van der Waals surface area contributed by atoms with Gasteiger partial charge in [0.1, 0.15) is 0 Å². The summed E-state index contributed by atoms with van der Waals surface area (Å²) in [7, 11) is 3.94. The number of halogens is 3. The molecule has 8 heteroatoms. The molecule has 0 bridgehead atoms.